The summed E-state index contributed by atoms with van der Waals surface area (Å²) in [5.41, 5.74) is 2.29. The largest absolute Gasteiger partial charge is 0.338 e. The second-order valence-corrected chi connectivity index (χ2v) is 5.52. The number of hydrogen-bond donors (Lipinski definition) is 2. The highest BCUT2D eigenvalue weighted by atomic mass is 19.1. The van der Waals surface area contributed by atoms with E-state index >= 15 is 4.39 Å². The van der Waals surface area contributed by atoms with Gasteiger partial charge in [0.1, 0.15) is 11.6 Å². The summed E-state index contributed by atoms with van der Waals surface area (Å²) in [6.07, 6.45) is 1.59. The molecule has 1 heterocycles. The minimum atomic E-state index is -0.360. The molecule has 5 heteroatoms. The van der Waals surface area contributed by atoms with E-state index in [1.807, 2.05) is 50.2 Å². The van der Waals surface area contributed by atoms with Gasteiger partial charge in [0, 0.05) is 29.1 Å². The van der Waals surface area contributed by atoms with Crippen molar-refractivity contribution in [3.8, 4) is 11.1 Å². The van der Waals surface area contributed by atoms with Gasteiger partial charge in [-0.15, -0.1) is 0 Å². The Labute approximate surface area is 139 Å². The smallest absolute Gasteiger partial charge is 0.320 e. The normalized spacial score (nSPS) is 10.6. The molecular weight excluding hydrogens is 305 g/mol. The lowest BCUT2D eigenvalue weighted by atomic mass is 9.97. The highest BCUT2D eigenvalue weighted by molar-refractivity contribution is 5.95. The van der Waals surface area contributed by atoms with Crippen LogP contribution >= 0.6 is 0 Å². The fourth-order valence-electron chi connectivity index (χ4n) is 2.67. The number of pyridine rings is 1. The van der Waals surface area contributed by atoms with Crippen LogP contribution in [0.1, 0.15) is 12.5 Å². The van der Waals surface area contributed by atoms with Crippen molar-refractivity contribution in [2.75, 3.05) is 11.9 Å². The molecule has 3 rings (SSSR count). The SMILES string of the molecule is CCNC(=O)Nc1cc2c(F)c(-c3ccccc3)cc(C)c2cn1. The zero-order valence-corrected chi connectivity index (χ0v) is 13.6. The van der Waals surface area contributed by atoms with Crippen LogP contribution in [0.2, 0.25) is 0 Å². The standard InChI is InChI=1S/C19H18FN3O/c1-3-21-19(24)23-17-10-15-16(11-22-17)12(2)9-14(18(15)20)13-7-5-4-6-8-13/h4-11H,3H2,1-2H3,(H2,21,22,23,24). The van der Waals surface area contributed by atoms with Crippen LogP contribution in [-0.2, 0) is 0 Å². The summed E-state index contributed by atoms with van der Waals surface area (Å²) in [4.78, 5) is 15.8. The maximum Gasteiger partial charge on any atom is 0.320 e. The van der Waals surface area contributed by atoms with Gasteiger partial charge in [-0.3, -0.25) is 5.32 Å². The van der Waals surface area contributed by atoms with Crippen molar-refractivity contribution in [2.45, 2.75) is 13.8 Å². The molecule has 122 valence electrons. The first-order valence-electron chi connectivity index (χ1n) is 7.79. The molecule has 0 atom stereocenters. The molecule has 4 nitrogen and oxygen atoms in total. The number of fused-ring (bicyclic) bond motifs is 1. The lowest BCUT2D eigenvalue weighted by Gasteiger charge is -2.12. The van der Waals surface area contributed by atoms with E-state index in [4.69, 9.17) is 0 Å². The molecular formula is C19H18FN3O. The third-order valence-corrected chi connectivity index (χ3v) is 3.83. The number of benzene rings is 2. The van der Waals surface area contributed by atoms with E-state index in [2.05, 4.69) is 15.6 Å². The summed E-state index contributed by atoms with van der Waals surface area (Å²) in [6.45, 7) is 4.25. The van der Waals surface area contributed by atoms with Gasteiger partial charge in [-0.05, 0) is 37.1 Å². The quantitative estimate of drug-likeness (QED) is 0.746. The fraction of sp³-hybridized carbons (Fsp3) is 0.158. The van der Waals surface area contributed by atoms with Crippen LogP contribution in [0.5, 0.6) is 0 Å². The highest BCUT2D eigenvalue weighted by Crippen LogP contribution is 2.32. The number of rotatable bonds is 3. The van der Waals surface area contributed by atoms with Crippen LogP contribution in [0.25, 0.3) is 21.9 Å². The topological polar surface area (TPSA) is 54.0 Å². The van der Waals surface area contributed by atoms with E-state index in [0.29, 0.717) is 23.3 Å². The molecule has 0 unspecified atom stereocenters. The molecule has 3 aromatic rings. The average molecular weight is 323 g/mol. The minimum Gasteiger partial charge on any atom is -0.338 e. The number of carbonyl (C=O) groups excluding carboxylic acids is 1. The number of aromatic nitrogens is 1. The van der Waals surface area contributed by atoms with Gasteiger partial charge in [0.15, 0.2) is 0 Å². The number of anilines is 1. The molecule has 0 bridgehead atoms. The number of amides is 2. The molecule has 0 saturated heterocycles. The Hall–Kier alpha value is -2.95. The molecule has 2 aromatic carbocycles. The van der Waals surface area contributed by atoms with Crippen molar-refractivity contribution in [1.29, 1.82) is 0 Å². The van der Waals surface area contributed by atoms with Crippen LogP contribution in [0.4, 0.5) is 15.0 Å². The number of carbonyl (C=O) groups is 1. The molecule has 0 aliphatic carbocycles. The second-order valence-electron chi connectivity index (χ2n) is 5.52. The van der Waals surface area contributed by atoms with Gasteiger partial charge in [-0.25, -0.2) is 14.2 Å². The van der Waals surface area contributed by atoms with Crippen LogP contribution in [-0.4, -0.2) is 17.6 Å². The first-order chi connectivity index (χ1) is 11.6. The number of hydrogen-bond acceptors (Lipinski definition) is 2. The van der Waals surface area contributed by atoms with E-state index in [0.717, 1.165) is 16.5 Å². The first-order valence-corrected chi connectivity index (χ1v) is 7.79. The van der Waals surface area contributed by atoms with Gasteiger partial charge in [0.25, 0.3) is 0 Å². The predicted octanol–water partition coefficient (Wildman–Crippen LogP) is 4.49. The molecule has 0 radical (unpaired) electrons. The average Bonchev–Trinajstić information content (AvgIpc) is 2.59. The predicted molar refractivity (Wildman–Crippen MR) is 94.6 cm³/mol. The monoisotopic (exact) mass is 323 g/mol. The summed E-state index contributed by atoms with van der Waals surface area (Å²) in [6, 6.07) is 12.4. The summed E-state index contributed by atoms with van der Waals surface area (Å²) >= 11 is 0. The van der Waals surface area contributed by atoms with Crippen molar-refractivity contribution >= 4 is 22.6 Å². The summed E-state index contributed by atoms with van der Waals surface area (Å²) < 4.78 is 15.0. The first kappa shape index (κ1) is 15.9. The molecule has 0 aliphatic heterocycles. The Morgan fingerprint density at radius 3 is 2.62 bits per heavy atom. The fourth-order valence-corrected chi connectivity index (χ4v) is 2.67. The van der Waals surface area contributed by atoms with Crippen molar-refractivity contribution in [3.63, 3.8) is 0 Å². The number of aryl methyl sites for hydroxylation is 1. The van der Waals surface area contributed by atoms with Crippen molar-refractivity contribution < 1.29 is 9.18 Å². The molecule has 2 N–H and O–H groups in total. The Bertz CT molecular complexity index is 894. The molecule has 0 spiro atoms. The summed E-state index contributed by atoms with van der Waals surface area (Å²) in [5.74, 6) is 0.000103. The molecule has 0 fully saturated rings. The number of urea groups is 1. The van der Waals surface area contributed by atoms with Crippen LogP contribution < -0.4 is 10.6 Å². The number of halogens is 1. The van der Waals surface area contributed by atoms with Gasteiger partial charge in [-0.1, -0.05) is 30.3 Å². The maximum atomic E-state index is 15.0. The van der Waals surface area contributed by atoms with Crippen LogP contribution in [0.15, 0.2) is 48.7 Å². The molecule has 24 heavy (non-hydrogen) atoms. The van der Waals surface area contributed by atoms with E-state index < -0.39 is 0 Å². The molecule has 1 aromatic heterocycles. The number of nitrogens with zero attached hydrogens (tertiary/aromatic N) is 1. The minimum absolute atomic E-state index is 0.317. The van der Waals surface area contributed by atoms with Gasteiger partial charge in [0.05, 0.1) is 0 Å². The van der Waals surface area contributed by atoms with Crippen molar-refractivity contribution in [1.82, 2.24) is 10.3 Å². The van der Waals surface area contributed by atoms with Gasteiger partial charge < -0.3 is 5.32 Å². The van der Waals surface area contributed by atoms with Gasteiger partial charge in [0.2, 0.25) is 0 Å². The second kappa shape index (κ2) is 6.66. The molecule has 0 saturated carbocycles. The highest BCUT2D eigenvalue weighted by Gasteiger charge is 2.13. The van der Waals surface area contributed by atoms with Crippen molar-refractivity contribution in [3.05, 3.63) is 60.0 Å². The van der Waals surface area contributed by atoms with E-state index in [1.54, 1.807) is 12.3 Å². The summed E-state index contributed by atoms with van der Waals surface area (Å²) in [7, 11) is 0. The molecule has 0 aliphatic rings. The third-order valence-electron chi connectivity index (χ3n) is 3.83. The lowest BCUT2D eigenvalue weighted by molar-refractivity contribution is 0.252. The van der Waals surface area contributed by atoms with Gasteiger partial charge >= 0.3 is 6.03 Å². The molecule has 2 amide bonds. The Morgan fingerprint density at radius 2 is 1.92 bits per heavy atom. The van der Waals surface area contributed by atoms with Gasteiger partial charge in [-0.2, -0.15) is 0 Å². The van der Waals surface area contributed by atoms with E-state index in [-0.39, 0.29) is 11.8 Å². The Morgan fingerprint density at radius 1 is 1.17 bits per heavy atom. The Kier molecular flexibility index (Phi) is 4.42. The maximum absolute atomic E-state index is 15.0. The summed E-state index contributed by atoms with van der Waals surface area (Å²) in [5, 5.41) is 6.41. The van der Waals surface area contributed by atoms with Crippen LogP contribution in [0.3, 0.4) is 0 Å². The lowest BCUT2D eigenvalue weighted by Crippen LogP contribution is -2.28. The zero-order chi connectivity index (χ0) is 17.1. The van der Waals surface area contributed by atoms with Crippen molar-refractivity contribution in [2.24, 2.45) is 0 Å². The number of nitrogens with one attached hydrogen (secondary N) is 2. The van der Waals surface area contributed by atoms with E-state index in [9.17, 15) is 4.79 Å². The Balaban J connectivity index is 2.11. The van der Waals surface area contributed by atoms with Crippen LogP contribution in [0, 0.1) is 12.7 Å². The third kappa shape index (κ3) is 3.06. The zero-order valence-electron chi connectivity index (χ0n) is 13.6. The van der Waals surface area contributed by atoms with E-state index in [1.165, 1.54) is 0 Å².